The first-order valence-corrected chi connectivity index (χ1v) is 17.6. The molecule has 1 aromatic heterocycles. The Morgan fingerprint density at radius 1 is 0.763 bits per heavy atom. The van der Waals surface area contributed by atoms with Crippen molar-refractivity contribution >= 4 is 32.0 Å². The predicted molar refractivity (Wildman–Crippen MR) is 156 cm³/mol. The first-order valence-electron chi connectivity index (χ1n) is 13.5. The molecule has 0 saturated heterocycles. The number of pyridine rings is 1. The van der Waals surface area contributed by atoms with Gasteiger partial charge in [-0.2, -0.15) is 37.3 Å². The van der Waals surface area contributed by atoms with Crippen LogP contribution in [0.2, 0.25) is 0 Å². The molecule has 2 saturated carbocycles. The molecule has 0 amide bonds. The summed E-state index contributed by atoms with van der Waals surface area (Å²) in [4.78, 5) is 7.35. The van der Waals surface area contributed by atoms with E-state index < -0.39 is 0 Å². The van der Waals surface area contributed by atoms with Crippen LogP contribution in [0.15, 0.2) is 46.2 Å². The van der Waals surface area contributed by atoms with Crippen LogP contribution in [-0.2, 0) is 26.2 Å². The summed E-state index contributed by atoms with van der Waals surface area (Å²) in [5.41, 5.74) is 2.07. The number of rotatable bonds is 3. The second-order valence-electron chi connectivity index (χ2n) is 9.95. The number of aromatic nitrogens is 1. The number of nitrogens with zero attached hydrogens (tertiary/aromatic N) is 5. The Kier molecular flexibility index (Phi) is 13.3. The third kappa shape index (κ3) is 9.53. The number of ether oxygens (including phenoxy) is 1. The summed E-state index contributed by atoms with van der Waals surface area (Å²) in [7, 11) is 11.3. The van der Waals surface area contributed by atoms with E-state index in [1.54, 1.807) is 18.9 Å². The van der Waals surface area contributed by atoms with Gasteiger partial charge in [-0.25, -0.2) is 0 Å². The van der Waals surface area contributed by atoms with Gasteiger partial charge in [-0.3, -0.25) is 4.98 Å². The number of benzene rings is 1. The Morgan fingerprint density at radius 2 is 1.26 bits per heavy atom. The van der Waals surface area contributed by atoms with E-state index >= 15 is 0 Å². The van der Waals surface area contributed by atoms with E-state index in [-0.39, 0.29) is 13.1 Å². The van der Waals surface area contributed by atoms with Crippen molar-refractivity contribution < 1.29 is 17.9 Å². The van der Waals surface area contributed by atoms with Crippen molar-refractivity contribution in [3.8, 4) is 5.75 Å². The number of fused-ring (bicyclic) bond motifs is 4. The monoisotopic (exact) mass is 616 g/mol. The van der Waals surface area contributed by atoms with Gasteiger partial charge in [0.25, 0.3) is 0 Å². The van der Waals surface area contributed by atoms with Gasteiger partial charge in [-0.1, -0.05) is 69.2 Å². The summed E-state index contributed by atoms with van der Waals surface area (Å²) in [5, 5.41) is 20.4. The van der Waals surface area contributed by atoms with E-state index in [2.05, 4.69) is 24.3 Å². The molecule has 0 radical (unpaired) electrons. The van der Waals surface area contributed by atoms with Crippen molar-refractivity contribution in [3.63, 3.8) is 0 Å². The molecule has 2 heterocycles. The molecule has 0 N–H and O–H groups in total. The topological polar surface area (TPSA) is 78.5 Å². The van der Waals surface area contributed by atoms with Crippen LogP contribution in [0.25, 0.3) is 21.3 Å². The average molecular weight is 618 g/mol. The van der Waals surface area contributed by atoms with Crippen LogP contribution in [0.4, 0.5) is 0 Å². The van der Waals surface area contributed by atoms with Crippen LogP contribution in [0.3, 0.4) is 0 Å². The molecule has 3 aliphatic rings. The number of hydrogen-bond donors (Lipinski definition) is 0. The zero-order valence-corrected chi connectivity index (χ0v) is 25.5. The van der Waals surface area contributed by atoms with Gasteiger partial charge in [0.05, 0.1) is 7.11 Å². The Balaban J connectivity index is 0.00000107. The standard InChI is InChI=1S/C28H37N5OS.2ClH.Mn/c1-34-22-7-6-8-23(17-22)35-24-15-20-18-31-27-11-4-2-9-25(27)29-13-14-30-26-10-3-5-12-28(26)32-19-21(16-24)33-20;;;/h6-8,15-17,25-28H,2-5,9-14,18-19H2,1H3;2*1H;/q-4;;;+2/p-2/t25-,26?,27-,28?;;;/m1.../s1. The van der Waals surface area contributed by atoms with Gasteiger partial charge in [-0.15, -0.1) is 13.1 Å². The first-order chi connectivity index (χ1) is 18.7. The second-order valence-corrected chi connectivity index (χ2v) is 13.0. The zero-order chi connectivity index (χ0) is 26.6. The van der Waals surface area contributed by atoms with Crippen molar-refractivity contribution in [2.24, 2.45) is 0 Å². The molecular weight excluding hydrogens is 580 g/mol. The van der Waals surface area contributed by atoms with E-state index in [1.807, 2.05) is 12.1 Å². The third-order valence-electron chi connectivity index (χ3n) is 7.37. The van der Waals surface area contributed by atoms with Crippen molar-refractivity contribution in [1.29, 1.82) is 0 Å². The molecule has 4 atom stereocenters. The van der Waals surface area contributed by atoms with Crippen LogP contribution in [0.1, 0.15) is 62.8 Å². The van der Waals surface area contributed by atoms with E-state index in [4.69, 9.17) is 51.2 Å². The molecule has 211 valence electrons. The Morgan fingerprint density at radius 3 is 1.76 bits per heavy atom. The molecule has 6 nitrogen and oxygen atoms in total. The van der Waals surface area contributed by atoms with Gasteiger partial charge in [-0.05, 0) is 30.3 Å². The maximum atomic E-state index is 5.42. The minimum absolute atomic E-state index is 0.00694. The molecular formula is C28H37Cl2MnN5OS-4. The molecule has 38 heavy (non-hydrogen) atoms. The molecule has 1 aliphatic heterocycles. The maximum absolute atomic E-state index is 5.42. The van der Waals surface area contributed by atoms with Crippen LogP contribution in [0.5, 0.6) is 5.75 Å². The van der Waals surface area contributed by atoms with Crippen molar-refractivity contribution in [2.75, 3.05) is 20.2 Å². The van der Waals surface area contributed by atoms with Gasteiger partial charge < -0.3 is 26.0 Å². The Bertz CT molecular complexity index is 942. The minimum atomic E-state index is 0.00694. The van der Waals surface area contributed by atoms with Crippen molar-refractivity contribution in [2.45, 2.75) is 98.4 Å². The predicted octanol–water partition coefficient (Wildman–Crippen LogP) is 8.75. The Labute approximate surface area is 247 Å². The molecule has 0 spiro atoms. The summed E-state index contributed by atoms with van der Waals surface area (Å²) in [6.45, 7) is 2.94. The molecule has 10 heteroatoms. The zero-order valence-electron chi connectivity index (χ0n) is 21.9. The van der Waals surface area contributed by atoms with Crippen molar-refractivity contribution in [3.05, 3.63) is 69.1 Å². The van der Waals surface area contributed by atoms with Crippen LogP contribution in [0, 0.1) is 0 Å². The van der Waals surface area contributed by atoms with Crippen molar-refractivity contribution in [1.82, 2.24) is 4.98 Å². The number of halogens is 2. The van der Waals surface area contributed by atoms with Gasteiger partial charge in [0.1, 0.15) is 5.75 Å². The fraction of sp³-hybridized carbons (Fsp3) is 0.607. The molecule has 2 aromatic rings. The molecule has 5 rings (SSSR count). The molecule has 1 aromatic carbocycles. The number of hydrogen-bond acceptors (Lipinski definition) is 3. The van der Waals surface area contributed by atoms with Crippen LogP contribution >= 0.6 is 32.0 Å². The summed E-state index contributed by atoms with van der Waals surface area (Å²) in [6, 6.07) is 13.9. The molecule has 2 unspecified atom stereocenters. The molecule has 2 aliphatic carbocycles. The third-order valence-corrected chi connectivity index (χ3v) is 8.33. The Hall–Kier alpha value is -0.541. The summed E-state index contributed by atoms with van der Waals surface area (Å²) >= 11 is 1.76. The van der Waals surface area contributed by atoms with E-state index in [9.17, 15) is 0 Å². The summed E-state index contributed by atoms with van der Waals surface area (Å²) in [5.74, 6) is 0.874. The summed E-state index contributed by atoms with van der Waals surface area (Å²) in [6.07, 6.45) is 9.59. The average Bonchev–Trinajstić information content (AvgIpc) is 2.94. The fourth-order valence-electron chi connectivity index (χ4n) is 5.54. The van der Waals surface area contributed by atoms with E-state index in [1.165, 1.54) is 30.6 Å². The number of methoxy groups -OCH3 is 1. The normalized spacial score (nSPS) is 26.4. The van der Waals surface area contributed by atoms with Crippen LogP contribution < -0.4 is 4.74 Å². The SMILES string of the molecule is COc1cccc(Sc2cc3nc(c2)C[N-][C@@H]2CCCC[C@H]2[N-]CC[N-]C2CCCCC2[N-]C3)c1.[Cl][Mn][Cl]. The quantitative estimate of drug-likeness (QED) is 0.323. The first kappa shape index (κ1) is 30.4. The van der Waals surface area contributed by atoms with Gasteiger partial charge in [0.2, 0.25) is 0 Å². The van der Waals surface area contributed by atoms with Gasteiger partial charge >= 0.3 is 33.3 Å². The van der Waals surface area contributed by atoms with Gasteiger partial charge in [0, 0.05) is 21.2 Å². The fourth-order valence-corrected chi connectivity index (χ4v) is 6.53. The van der Waals surface area contributed by atoms with E-state index in [0.717, 1.165) is 60.8 Å². The summed E-state index contributed by atoms with van der Waals surface area (Å²) < 4.78 is 5.42. The van der Waals surface area contributed by atoms with Crippen LogP contribution in [-0.4, -0.2) is 49.4 Å². The van der Waals surface area contributed by atoms with E-state index in [0.29, 0.717) is 37.3 Å². The second kappa shape index (κ2) is 16.7. The van der Waals surface area contributed by atoms with Gasteiger partial charge in [0.15, 0.2) is 0 Å². The molecule has 2 fully saturated rings. The molecule has 2 bridgehead atoms.